The molecule has 0 bridgehead atoms. The summed E-state index contributed by atoms with van der Waals surface area (Å²) in [5, 5.41) is 3.27. The molecule has 0 saturated heterocycles. The Morgan fingerprint density at radius 3 is 2.29 bits per heavy atom. The quantitative estimate of drug-likeness (QED) is 0.652. The van der Waals surface area contributed by atoms with Crippen molar-refractivity contribution < 1.29 is 8.42 Å². The zero-order chi connectivity index (χ0) is 15.9. The number of nitrogens with one attached hydrogen (secondary N) is 2. The fourth-order valence-corrected chi connectivity index (χ4v) is 3.48. The summed E-state index contributed by atoms with van der Waals surface area (Å²) in [7, 11) is -3.47. The zero-order valence-corrected chi connectivity index (χ0v) is 14.0. The van der Waals surface area contributed by atoms with Crippen molar-refractivity contribution in [3.63, 3.8) is 0 Å². The van der Waals surface area contributed by atoms with Crippen LogP contribution in [0.25, 0.3) is 0 Å². The van der Waals surface area contributed by atoms with E-state index in [0.717, 1.165) is 12.8 Å². The van der Waals surface area contributed by atoms with Gasteiger partial charge in [-0.05, 0) is 36.9 Å². The molecule has 1 aromatic carbocycles. The number of hydrogen-bond donors (Lipinski definition) is 3. The van der Waals surface area contributed by atoms with Gasteiger partial charge in [0.25, 0.3) is 0 Å². The molecule has 6 heteroatoms. The highest BCUT2D eigenvalue weighted by Crippen LogP contribution is 2.27. The van der Waals surface area contributed by atoms with Gasteiger partial charge >= 0.3 is 0 Å². The van der Waals surface area contributed by atoms with Crippen molar-refractivity contribution in [1.29, 1.82) is 0 Å². The molecule has 1 aromatic rings. The molecule has 0 spiro atoms. The van der Waals surface area contributed by atoms with E-state index in [0.29, 0.717) is 25.3 Å². The van der Waals surface area contributed by atoms with Gasteiger partial charge in [0.2, 0.25) is 10.0 Å². The first-order chi connectivity index (χ1) is 9.94. The van der Waals surface area contributed by atoms with Crippen LogP contribution in [-0.4, -0.2) is 28.1 Å². The van der Waals surface area contributed by atoms with Gasteiger partial charge in [-0.2, -0.15) is 0 Å². The molecule has 0 radical (unpaired) electrons. The second kappa shape index (κ2) is 7.77. The number of nitrogens with two attached hydrogens (primary N) is 1. The van der Waals surface area contributed by atoms with Crippen LogP contribution in [0.1, 0.15) is 33.6 Å². The number of rotatable bonds is 9. The molecular weight excluding hydrogens is 286 g/mol. The average molecular weight is 313 g/mol. The van der Waals surface area contributed by atoms with Crippen molar-refractivity contribution in [2.45, 2.75) is 38.5 Å². The third-order valence-electron chi connectivity index (χ3n) is 4.10. The van der Waals surface area contributed by atoms with Crippen molar-refractivity contribution in [2.75, 3.05) is 25.0 Å². The minimum Gasteiger partial charge on any atom is -0.383 e. The summed E-state index contributed by atoms with van der Waals surface area (Å²) in [6.07, 6.45) is 1.91. The number of anilines is 1. The first-order valence-electron chi connectivity index (χ1n) is 7.47. The van der Waals surface area contributed by atoms with Crippen LogP contribution < -0.4 is 15.8 Å². The second-order valence-corrected chi connectivity index (χ2v) is 7.00. The molecule has 4 N–H and O–H groups in total. The highest BCUT2D eigenvalue weighted by Gasteiger charge is 2.25. The van der Waals surface area contributed by atoms with E-state index >= 15 is 0 Å². The van der Waals surface area contributed by atoms with Gasteiger partial charge in [0.1, 0.15) is 4.90 Å². The van der Waals surface area contributed by atoms with Crippen molar-refractivity contribution in [1.82, 2.24) is 4.72 Å². The SMILES string of the molecule is CCNS(=O)(=O)c1ccccc1NCC(CC)(CC)CN. The third kappa shape index (κ3) is 4.43. The Bertz CT molecular complexity index is 531. The number of para-hydroxylation sites is 1. The summed E-state index contributed by atoms with van der Waals surface area (Å²) in [5.41, 5.74) is 6.51. The first-order valence-corrected chi connectivity index (χ1v) is 8.95. The lowest BCUT2D eigenvalue weighted by molar-refractivity contribution is 0.294. The van der Waals surface area contributed by atoms with E-state index in [-0.39, 0.29) is 10.3 Å². The van der Waals surface area contributed by atoms with Crippen LogP contribution in [0.5, 0.6) is 0 Å². The summed E-state index contributed by atoms with van der Waals surface area (Å²) < 4.78 is 26.9. The van der Waals surface area contributed by atoms with Crippen molar-refractivity contribution >= 4 is 15.7 Å². The first kappa shape index (κ1) is 17.9. The highest BCUT2D eigenvalue weighted by atomic mass is 32.2. The molecule has 0 amide bonds. The van der Waals surface area contributed by atoms with Crippen LogP contribution in [0.2, 0.25) is 0 Å². The molecule has 0 aromatic heterocycles. The molecule has 0 unspecified atom stereocenters. The zero-order valence-electron chi connectivity index (χ0n) is 13.1. The van der Waals surface area contributed by atoms with Crippen LogP contribution in [0.3, 0.4) is 0 Å². The summed E-state index contributed by atoms with van der Waals surface area (Å²) >= 11 is 0. The summed E-state index contributed by atoms with van der Waals surface area (Å²) in [4.78, 5) is 0.282. The van der Waals surface area contributed by atoms with Gasteiger partial charge in [0, 0.05) is 13.1 Å². The lowest BCUT2D eigenvalue weighted by Crippen LogP contribution is -2.36. The van der Waals surface area contributed by atoms with Gasteiger partial charge < -0.3 is 11.1 Å². The fourth-order valence-electron chi connectivity index (χ4n) is 2.26. The Balaban J connectivity index is 3.00. The van der Waals surface area contributed by atoms with Crippen molar-refractivity contribution in [3.05, 3.63) is 24.3 Å². The maximum absolute atomic E-state index is 12.2. The van der Waals surface area contributed by atoms with Crippen LogP contribution in [0.4, 0.5) is 5.69 Å². The molecule has 0 aliphatic heterocycles. The molecule has 5 nitrogen and oxygen atoms in total. The second-order valence-electron chi connectivity index (χ2n) is 5.26. The Kier molecular flexibility index (Phi) is 6.64. The normalized spacial score (nSPS) is 12.4. The Morgan fingerprint density at radius 1 is 1.14 bits per heavy atom. The minimum atomic E-state index is -3.47. The maximum atomic E-state index is 12.2. The van der Waals surface area contributed by atoms with E-state index in [1.165, 1.54) is 0 Å². The summed E-state index contributed by atoms with van der Waals surface area (Å²) in [5.74, 6) is 0. The monoisotopic (exact) mass is 313 g/mol. The number of sulfonamides is 1. The van der Waals surface area contributed by atoms with Crippen molar-refractivity contribution in [3.8, 4) is 0 Å². The van der Waals surface area contributed by atoms with Crippen molar-refractivity contribution in [2.24, 2.45) is 11.1 Å². The average Bonchev–Trinajstić information content (AvgIpc) is 2.49. The van der Waals surface area contributed by atoms with E-state index in [1.54, 1.807) is 25.1 Å². The smallest absolute Gasteiger partial charge is 0.242 e. The molecule has 120 valence electrons. The predicted molar refractivity (Wildman–Crippen MR) is 87.9 cm³/mol. The highest BCUT2D eigenvalue weighted by molar-refractivity contribution is 7.89. The molecule has 21 heavy (non-hydrogen) atoms. The van der Waals surface area contributed by atoms with Gasteiger partial charge in [-0.25, -0.2) is 13.1 Å². The largest absolute Gasteiger partial charge is 0.383 e. The van der Waals surface area contributed by atoms with E-state index in [1.807, 2.05) is 6.07 Å². The van der Waals surface area contributed by atoms with Gasteiger partial charge in [-0.1, -0.05) is 32.9 Å². The third-order valence-corrected chi connectivity index (χ3v) is 5.70. The van der Waals surface area contributed by atoms with Crippen LogP contribution in [-0.2, 0) is 10.0 Å². The fraction of sp³-hybridized carbons (Fsp3) is 0.600. The van der Waals surface area contributed by atoms with Gasteiger partial charge in [0.05, 0.1) is 5.69 Å². The van der Waals surface area contributed by atoms with Crippen LogP contribution in [0, 0.1) is 5.41 Å². The minimum absolute atomic E-state index is 0.00490. The molecule has 0 fully saturated rings. The Labute approximate surface area is 128 Å². The van der Waals surface area contributed by atoms with E-state index < -0.39 is 10.0 Å². The van der Waals surface area contributed by atoms with Gasteiger partial charge in [-0.15, -0.1) is 0 Å². The number of hydrogen-bond acceptors (Lipinski definition) is 4. The number of benzene rings is 1. The van der Waals surface area contributed by atoms with E-state index in [9.17, 15) is 8.42 Å². The van der Waals surface area contributed by atoms with E-state index in [4.69, 9.17) is 5.73 Å². The van der Waals surface area contributed by atoms with E-state index in [2.05, 4.69) is 23.9 Å². The maximum Gasteiger partial charge on any atom is 0.242 e. The molecule has 1 rings (SSSR count). The standard InChI is InChI=1S/C15H27N3O2S/c1-4-15(5-2,11-16)12-17-13-9-7-8-10-14(13)21(19,20)18-6-3/h7-10,17-18H,4-6,11-12,16H2,1-3H3. The van der Waals surface area contributed by atoms with Gasteiger partial charge in [0.15, 0.2) is 0 Å². The lowest BCUT2D eigenvalue weighted by atomic mass is 9.82. The molecule has 0 heterocycles. The van der Waals surface area contributed by atoms with Gasteiger partial charge in [-0.3, -0.25) is 0 Å². The van der Waals surface area contributed by atoms with Crippen LogP contribution >= 0.6 is 0 Å². The summed E-state index contributed by atoms with van der Waals surface area (Å²) in [6.45, 7) is 7.59. The van der Waals surface area contributed by atoms with Crippen LogP contribution in [0.15, 0.2) is 29.2 Å². The molecule has 0 aliphatic rings. The topological polar surface area (TPSA) is 84.2 Å². The molecule has 0 saturated carbocycles. The molecular formula is C15H27N3O2S. The molecule has 0 atom stereocenters. The predicted octanol–water partition coefficient (Wildman–Crippen LogP) is 2.16. The molecule has 0 aliphatic carbocycles. The summed E-state index contributed by atoms with van der Waals surface area (Å²) in [6, 6.07) is 6.96. The Morgan fingerprint density at radius 2 is 1.76 bits per heavy atom. The lowest BCUT2D eigenvalue weighted by Gasteiger charge is -2.31. The Hall–Kier alpha value is -1.11.